The highest BCUT2D eigenvalue weighted by molar-refractivity contribution is 9.10. The van der Waals surface area contributed by atoms with Gasteiger partial charge in [0.25, 0.3) is 5.91 Å². The van der Waals surface area contributed by atoms with Gasteiger partial charge in [-0.05, 0) is 52.7 Å². The molecular weight excluding hydrogens is 310 g/mol. The fourth-order valence-electron chi connectivity index (χ4n) is 1.58. The van der Waals surface area contributed by atoms with Crippen LogP contribution in [0.3, 0.4) is 0 Å². The van der Waals surface area contributed by atoms with Gasteiger partial charge in [-0.2, -0.15) is 0 Å². The molecule has 0 saturated heterocycles. The molecule has 4 heteroatoms. The zero-order chi connectivity index (χ0) is 13.1. The molecule has 2 nitrogen and oxygen atoms in total. The lowest BCUT2D eigenvalue weighted by molar-refractivity contribution is 0.102. The number of thiol groups is 1. The molecule has 2 rings (SSSR count). The van der Waals surface area contributed by atoms with Crippen LogP contribution in [0.25, 0.3) is 0 Å². The second-order valence-electron chi connectivity index (χ2n) is 3.95. The van der Waals surface area contributed by atoms with Crippen LogP contribution in [0, 0.1) is 6.92 Å². The molecule has 0 radical (unpaired) electrons. The normalized spacial score (nSPS) is 10.2. The van der Waals surface area contributed by atoms with Crippen LogP contribution in [-0.2, 0) is 0 Å². The van der Waals surface area contributed by atoms with Gasteiger partial charge in [0, 0.05) is 9.37 Å². The van der Waals surface area contributed by atoms with E-state index in [-0.39, 0.29) is 5.91 Å². The number of hydrogen-bond donors (Lipinski definition) is 2. The number of rotatable bonds is 2. The van der Waals surface area contributed by atoms with Crippen LogP contribution in [0.1, 0.15) is 15.9 Å². The van der Waals surface area contributed by atoms with Gasteiger partial charge in [0.05, 0.1) is 11.3 Å². The van der Waals surface area contributed by atoms with E-state index in [1.807, 2.05) is 37.3 Å². The molecule has 2 aromatic rings. The molecule has 0 unspecified atom stereocenters. The fraction of sp³-hybridized carbons (Fsp3) is 0.0714. The average molecular weight is 322 g/mol. The summed E-state index contributed by atoms with van der Waals surface area (Å²) >= 11 is 7.71. The predicted octanol–water partition coefficient (Wildman–Crippen LogP) is 4.30. The quantitative estimate of drug-likeness (QED) is 0.793. The molecule has 0 saturated carbocycles. The summed E-state index contributed by atoms with van der Waals surface area (Å²) in [7, 11) is 0. The fourth-order valence-corrected chi connectivity index (χ4v) is 2.43. The molecule has 92 valence electrons. The van der Waals surface area contributed by atoms with Gasteiger partial charge in [0.15, 0.2) is 0 Å². The van der Waals surface area contributed by atoms with Gasteiger partial charge in [0.2, 0.25) is 0 Å². The summed E-state index contributed by atoms with van der Waals surface area (Å²) in [6.45, 7) is 2.00. The SMILES string of the molecule is Cc1ccc(NC(=O)c2ccccc2S)c(Br)c1. The van der Waals surface area contributed by atoms with Crippen LogP contribution >= 0.6 is 28.6 Å². The van der Waals surface area contributed by atoms with Gasteiger partial charge in [-0.3, -0.25) is 4.79 Å². The lowest BCUT2D eigenvalue weighted by Gasteiger charge is -2.09. The second-order valence-corrected chi connectivity index (χ2v) is 5.29. The molecule has 1 amide bonds. The second kappa shape index (κ2) is 5.59. The highest BCUT2D eigenvalue weighted by atomic mass is 79.9. The van der Waals surface area contributed by atoms with E-state index in [4.69, 9.17) is 0 Å². The molecule has 0 spiro atoms. The molecule has 0 heterocycles. The van der Waals surface area contributed by atoms with E-state index in [0.29, 0.717) is 10.5 Å². The summed E-state index contributed by atoms with van der Waals surface area (Å²) in [5, 5.41) is 2.86. The van der Waals surface area contributed by atoms with Gasteiger partial charge in [-0.25, -0.2) is 0 Å². The van der Waals surface area contributed by atoms with E-state index < -0.39 is 0 Å². The van der Waals surface area contributed by atoms with Crippen molar-refractivity contribution in [3.63, 3.8) is 0 Å². The van der Waals surface area contributed by atoms with E-state index in [1.54, 1.807) is 12.1 Å². The van der Waals surface area contributed by atoms with Crippen LogP contribution in [0.15, 0.2) is 51.8 Å². The van der Waals surface area contributed by atoms with Crippen LogP contribution in [0.4, 0.5) is 5.69 Å². The Morgan fingerprint density at radius 3 is 2.61 bits per heavy atom. The van der Waals surface area contributed by atoms with E-state index in [9.17, 15) is 4.79 Å². The topological polar surface area (TPSA) is 29.1 Å². The van der Waals surface area contributed by atoms with Crippen molar-refractivity contribution in [3.8, 4) is 0 Å². The Bertz CT molecular complexity index is 598. The van der Waals surface area contributed by atoms with Crippen LogP contribution < -0.4 is 5.32 Å². The van der Waals surface area contributed by atoms with Crippen molar-refractivity contribution < 1.29 is 4.79 Å². The summed E-state index contributed by atoms with van der Waals surface area (Å²) in [5.74, 6) is -0.162. The Morgan fingerprint density at radius 2 is 1.94 bits per heavy atom. The van der Waals surface area contributed by atoms with Crippen LogP contribution in [-0.4, -0.2) is 5.91 Å². The number of aryl methyl sites for hydroxylation is 1. The lowest BCUT2D eigenvalue weighted by atomic mass is 10.2. The zero-order valence-electron chi connectivity index (χ0n) is 9.77. The Balaban J connectivity index is 2.24. The molecule has 1 N–H and O–H groups in total. The first-order valence-electron chi connectivity index (χ1n) is 5.43. The van der Waals surface area contributed by atoms with Gasteiger partial charge >= 0.3 is 0 Å². The summed E-state index contributed by atoms with van der Waals surface area (Å²) in [6.07, 6.45) is 0. The first-order valence-corrected chi connectivity index (χ1v) is 6.67. The minimum atomic E-state index is -0.162. The van der Waals surface area contributed by atoms with E-state index in [2.05, 4.69) is 33.9 Å². The number of carbonyl (C=O) groups excluding carboxylic acids is 1. The van der Waals surface area contributed by atoms with Gasteiger partial charge in [0.1, 0.15) is 0 Å². The third-order valence-electron chi connectivity index (χ3n) is 2.52. The minimum absolute atomic E-state index is 0.162. The molecule has 2 aromatic carbocycles. The van der Waals surface area contributed by atoms with E-state index in [0.717, 1.165) is 15.7 Å². The van der Waals surface area contributed by atoms with Crippen molar-refractivity contribution >= 4 is 40.2 Å². The van der Waals surface area contributed by atoms with Crippen molar-refractivity contribution in [2.24, 2.45) is 0 Å². The van der Waals surface area contributed by atoms with Gasteiger partial charge < -0.3 is 5.32 Å². The Hall–Kier alpha value is -1.26. The highest BCUT2D eigenvalue weighted by Gasteiger charge is 2.10. The zero-order valence-corrected chi connectivity index (χ0v) is 12.3. The highest BCUT2D eigenvalue weighted by Crippen LogP contribution is 2.24. The largest absolute Gasteiger partial charge is 0.321 e. The summed E-state index contributed by atoms with van der Waals surface area (Å²) in [4.78, 5) is 12.8. The summed E-state index contributed by atoms with van der Waals surface area (Å²) < 4.78 is 0.868. The summed E-state index contributed by atoms with van der Waals surface area (Å²) in [6, 6.07) is 13.0. The number of hydrogen-bond acceptors (Lipinski definition) is 2. The predicted molar refractivity (Wildman–Crippen MR) is 80.5 cm³/mol. The Kier molecular flexibility index (Phi) is 4.09. The third-order valence-corrected chi connectivity index (χ3v) is 3.57. The maximum Gasteiger partial charge on any atom is 0.256 e. The molecule has 0 bridgehead atoms. The maximum atomic E-state index is 12.1. The van der Waals surface area contributed by atoms with Crippen LogP contribution in [0.5, 0.6) is 0 Å². The molecule has 0 aromatic heterocycles. The Morgan fingerprint density at radius 1 is 1.22 bits per heavy atom. The molecule has 0 fully saturated rings. The number of amides is 1. The standard InChI is InChI=1S/C14H12BrNOS/c1-9-6-7-12(11(15)8-9)16-14(17)10-4-2-3-5-13(10)18/h2-8,18H,1H3,(H,16,17). The number of nitrogens with one attached hydrogen (secondary N) is 1. The van der Waals surface area contributed by atoms with Gasteiger partial charge in [-0.1, -0.05) is 18.2 Å². The molecule has 0 aliphatic heterocycles. The van der Waals surface area contributed by atoms with Crippen molar-refractivity contribution in [3.05, 3.63) is 58.1 Å². The number of halogens is 1. The van der Waals surface area contributed by atoms with E-state index >= 15 is 0 Å². The lowest BCUT2D eigenvalue weighted by Crippen LogP contribution is -2.12. The molecular formula is C14H12BrNOS. The molecule has 0 aliphatic carbocycles. The third kappa shape index (κ3) is 2.94. The number of anilines is 1. The Labute approximate surface area is 120 Å². The van der Waals surface area contributed by atoms with Crippen molar-refractivity contribution in [2.75, 3.05) is 5.32 Å². The first-order chi connectivity index (χ1) is 8.58. The summed E-state index contributed by atoms with van der Waals surface area (Å²) in [5.41, 5.74) is 2.45. The molecule has 18 heavy (non-hydrogen) atoms. The van der Waals surface area contributed by atoms with Crippen molar-refractivity contribution in [2.45, 2.75) is 11.8 Å². The molecule has 0 aliphatic rings. The minimum Gasteiger partial charge on any atom is -0.321 e. The van der Waals surface area contributed by atoms with Crippen molar-refractivity contribution in [1.82, 2.24) is 0 Å². The molecule has 0 atom stereocenters. The van der Waals surface area contributed by atoms with E-state index in [1.165, 1.54) is 0 Å². The monoisotopic (exact) mass is 321 g/mol. The van der Waals surface area contributed by atoms with Gasteiger partial charge in [-0.15, -0.1) is 12.6 Å². The smallest absolute Gasteiger partial charge is 0.256 e. The maximum absolute atomic E-state index is 12.1. The van der Waals surface area contributed by atoms with Crippen molar-refractivity contribution in [1.29, 1.82) is 0 Å². The first kappa shape index (κ1) is 13.2. The average Bonchev–Trinajstić information content (AvgIpc) is 2.33. The number of benzene rings is 2. The van der Waals surface area contributed by atoms with Crippen LogP contribution in [0.2, 0.25) is 0 Å². The number of carbonyl (C=O) groups is 1.